The van der Waals surface area contributed by atoms with E-state index in [0.29, 0.717) is 29.7 Å². The lowest BCUT2D eigenvalue weighted by Gasteiger charge is -2.32. The molecule has 0 radical (unpaired) electrons. The van der Waals surface area contributed by atoms with Crippen molar-refractivity contribution in [1.29, 1.82) is 0 Å². The van der Waals surface area contributed by atoms with Gasteiger partial charge < -0.3 is 15.0 Å². The molecule has 0 spiro atoms. The van der Waals surface area contributed by atoms with Crippen LogP contribution in [0.25, 0.3) is 0 Å². The molecule has 2 heterocycles. The Labute approximate surface area is 137 Å². The summed E-state index contributed by atoms with van der Waals surface area (Å²) in [5.74, 6) is -1.38. The summed E-state index contributed by atoms with van der Waals surface area (Å²) >= 11 is 0. The number of hydrogen-bond acceptors (Lipinski definition) is 4. The van der Waals surface area contributed by atoms with Gasteiger partial charge in [-0.2, -0.15) is 0 Å². The average molecular weight is 325 g/mol. The Balaban J connectivity index is 1.74. The Hall–Kier alpha value is -2.96. The zero-order chi connectivity index (χ0) is 16.8. The highest BCUT2D eigenvalue weighted by molar-refractivity contribution is 6.06. The molecule has 1 aliphatic carbocycles. The highest BCUT2D eigenvalue weighted by Crippen LogP contribution is 2.29. The maximum Gasteiger partial charge on any atom is 0.326 e. The van der Waals surface area contributed by atoms with E-state index in [2.05, 4.69) is 9.97 Å². The number of aromatic amines is 1. The Morgan fingerprint density at radius 1 is 1.29 bits per heavy atom. The summed E-state index contributed by atoms with van der Waals surface area (Å²) in [6.45, 7) is 0.169. The van der Waals surface area contributed by atoms with Gasteiger partial charge in [-0.25, -0.2) is 9.78 Å². The van der Waals surface area contributed by atoms with Crippen LogP contribution >= 0.6 is 0 Å². The first-order valence-electron chi connectivity index (χ1n) is 7.76. The van der Waals surface area contributed by atoms with Gasteiger partial charge in [0.1, 0.15) is 6.04 Å². The Morgan fingerprint density at radius 2 is 2.12 bits per heavy atom. The summed E-state index contributed by atoms with van der Waals surface area (Å²) in [7, 11) is 0. The standard InChI is InChI=1S/C17H15N3O4/c21-15-5-4-9-10(15)2-1-3-11(9)16(22)20-7-13-12(18-8-19-13)6-14(20)17(23)24/h1-3,8,14H,4-7H2,(H,18,19)(H,23,24). The normalized spacial score (nSPS) is 19.1. The van der Waals surface area contributed by atoms with Gasteiger partial charge in [0.05, 0.1) is 24.3 Å². The SMILES string of the molecule is O=C1CCc2c1cccc2C(=O)N1Cc2[nH]cnc2CC1C(=O)O. The van der Waals surface area contributed by atoms with E-state index >= 15 is 0 Å². The molecule has 4 rings (SSSR count). The number of carboxylic acid groups (broad SMARTS) is 1. The van der Waals surface area contributed by atoms with E-state index in [1.165, 1.54) is 11.2 Å². The third-order valence-electron chi connectivity index (χ3n) is 4.75. The molecule has 2 aliphatic rings. The third-order valence-corrected chi connectivity index (χ3v) is 4.75. The van der Waals surface area contributed by atoms with Gasteiger partial charge in [0.15, 0.2) is 5.78 Å². The van der Waals surface area contributed by atoms with E-state index in [-0.39, 0.29) is 24.7 Å². The molecule has 1 aromatic carbocycles. The molecule has 24 heavy (non-hydrogen) atoms. The van der Waals surface area contributed by atoms with Crippen molar-refractivity contribution in [3.8, 4) is 0 Å². The second kappa shape index (κ2) is 5.30. The largest absolute Gasteiger partial charge is 0.480 e. The fourth-order valence-electron chi connectivity index (χ4n) is 3.52. The minimum atomic E-state index is -1.05. The van der Waals surface area contributed by atoms with Gasteiger partial charge in [0.2, 0.25) is 0 Å². The van der Waals surface area contributed by atoms with E-state index < -0.39 is 12.0 Å². The van der Waals surface area contributed by atoms with Crippen LogP contribution in [0.3, 0.4) is 0 Å². The number of nitrogens with zero attached hydrogens (tertiary/aromatic N) is 2. The molecule has 0 saturated heterocycles. The number of fused-ring (bicyclic) bond motifs is 2. The average Bonchev–Trinajstić information content (AvgIpc) is 3.19. The smallest absolute Gasteiger partial charge is 0.326 e. The highest BCUT2D eigenvalue weighted by atomic mass is 16.4. The number of benzene rings is 1. The van der Waals surface area contributed by atoms with E-state index in [1.54, 1.807) is 18.2 Å². The number of carboxylic acids is 1. The number of carbonyl (C=O) groups excluding carboxylic acids is 2. The van der Waals surface area contributed by atoms with Crippen LogP contribution in [-0.4, -0.2) is 43.7 Å². The summed E-state index contributed by atoms with van der Waals surface area (Å²) in [6, 6.07) is 4.11. The van der Waals surface area contributed by atoms with Crippen LogP contribution in [0.1, 0.15) is 44.1 Å². The summed E-state index contributed by atoms with van der Waals surface area (Å²) < 4.78 is 0. The third kappa shape index (κ3) is 2.12. The quantitative estimate of drug-likeness (QED) is 0.863. The molecule has 7 nitrogen and oxygen atoms in total. The van der Waals surface area contributed by atoms with Crippen LogP contribution in [0, 0.1) is 0 Å². The lowest BCUT2D eigenvalue weighted by molar-refractivity contribution is -0.142. The highest BCUT2D eigenvalue weighted by Gasteiger charge is 2.37. The number of amides is 1. The summed E-state index contributed by atoms with van der Waals surface area (Å²) in [5.41, 5.74) is 3.16. The van der Waals surface area contributed by atoms with E-state index in [0.717, 1.165) is 11.3 Å². The maximum atomic E-state index is 13.0. The van der Waals surface area contributed by atoms with Crippen molar-refractivity contribution >= 4 is 17.7 Å². The van der Waals surface area contributed by atoms with E-state index in [9.17, 15) is 19.5 Å². The van der Waals surface area contributed by atoms with Crippen molar-refractivity contribution in [3.63, 3.8) is 0 Å². The van der Waals surface area contributed by atoms with Gasteiger partial charge >= 0.3 is 5.97 Å². The number of aromatic nitrogens is 2. The Bertz CT molecular complexity index is 870. The van der Waals surface area contributed by atoms with Gasteiger partial charge in [-0.05, 0) is 18.1 Å². The molecular weight excluding hydrogens is 310 g/mol. The molecular formula is C17H15N3O4. The molecule has 0 fully saturated rings. The number of ketones is 1. The first-order valence-corrected chi connectivity index (χ1v) is 7.76. The predicted molar refractivity (Wildman–Crippen MR) is 82.7 cm³/mol. The van der Waals surface area contributed by atoms with Crippen molar-refractivity contribution in [2.24, 2.45) is 0 Å². The van der Waals surface area contributed by atoms with Crippen LogP contribution in [-0.2, 0) is 24.2 Å². The molecule has 122 valence electrons. The molecule has 0 saturated carbocycles. The molecule has 2 N–H and O–H groups in total. The van der Waals surface area contributed by atoms with E-state index in [1.807, 2.05) is 0 Å². The van der Waals surface area contributed by atoms with Crippen molar-refractivity contribution < 1.29 is 19.5 Å². The zero-order valence-corrected chi connectivity index (χ0v) is 12.8. The number of hydrogen-bond donors (Lipinski definition) is 2. The van der Waals surface area contributed by atoms with Gasteiger partial charge in [-0.15, -0.1) is 0 Å². The molecule has 1 atom stereocenters. The summed E-state index contributed by atoms with van der Waals surface area (Å²) in [5, 5.41) is 9.52. The van der Waals surface area contributed by atoms with Gasteiger partial charge in [0.25, 0.3) is 5.91 Å². The molecule has 1 aliphatic heterocycles. The molecule has 2 aromatic rings. The second-order valence-corrected chi connectivity index (χ2v) is 6.07. The van der Waals surface area contributed by atoms with Gasteiger partial charge in [-0.3, -0.25) is 9.59 Å². The molecule has 7 heteroatoms. The van der Waals surface area contributed by atoms with Crippen LogP contribution in [0.2, 0.25) is 0 Å². The van der Waals surface area contributed by atoms with Gasteiger partial charge in [-0.1, -0.05) is 12.1 Å². The van der Waals surface area contributed by atoms with Crippen molar-refractivity contribution in [2.45, 2.75) is 31.8 Å². The minimum absolute atomic E-state index is 0.0314. The number of Topliss-reactive ketones (excluding diaryl/α,β-unsaturated/α-hetero) is 1. The van der Waals surface area contributed by atoms with Crippen LogP contribution < -0.4 is 0 Å². The fourth-order valence-corrected chi connectivity index (χ4v) is 3.52. The molecule has 1 unspecified atom stereocenters. The predicted octanol–water partition coefficient (Wildman–Crippen LogP) is 1.19. The maximum absolute atomic E-state index is 13.0. The number of H-pyrrole nitrogens is 1. The van der Waals surface area contributed by atoms with Crippen LogP contribution in [0.5, 0.6) is 0 Å². The number of nitrogens with one attached hydrogen (secondary N) is 1. The zero-order valence-electron chi connectivity index (χ0n) is 12.8. The lowest BCUT2D eigenvalue weighted by atomic mass is 9.98. The first kappa shape index (κ1) is 14.6. The summed E-state index contributed by atoms with van der Waals surface area (Å²) in [6.07, 6.45) is 2.61. The molecule has 1 amide bonds. The van der Waals surface area contributed by atoms with Crippen molar-refractivity contribution in [1.82, 2.24) is 14.9 Å². The Kier molecular flexibility index (Phi) is 3.23. The number of aliphatic carboxylic acids is 1. The minimum Gasteiger partial charge on any atom is -0.480 e. The van der Waals surface area contributed by atoms with Crippen molar-refractivity contribution in [2.75, 3.05) is 0 Å². The monoisotopic (exact) mass is 325 g/mol. The number of carbonyl (C=O) groups is 3. The fraction of sp³-hybridized carbons (Fsp3) is 0.294. The lowest BCUT2D eigenvalue weighted by Crippen LogP contribution is -2.49. The summed E-state index contributed by atoms with van der Waals surface area (Å²) in [4.78, 5) is 45.0. The van der Waals surface area contributed by atoms with Crippen molar-refractivity contribution in [3.05, 3.63) is 52.6 Å². The first-order chi connectivity index (χ1) is 11.6. The Morgan fingerprint density at radius 3 is 2.92 bits per heavy atom. The topological polar surface area (TPSA) is 103 Å². The second-order valence-electron chi connectivity index (χ2n) is 6.07. The van der Waals surface area contributed by atoms with Gasteiger partial charge in [0, 0.05) is 24.0 Å². The van der Waals surface area contributed by atoms with Crippen LogP contribution in [0.4, 0.5) is 0 Å². The molecule has 1 aromatic heterocycles. The number of imidazole rings is 1. The van der Waals surface area contributed by atoms with Crippen LogP contribution in [0.15, 0.2) is 24.5 Å². The van der Waals surface area contributed by atoms with E-state index in [4.69, 9.17) is 0 Å². The molecule has 0 bridgehead atoms. The number of rotatable bonds is 2.